The molecule has 2 N–H and O–H groups in total. The molecule has 0 amide bonds. The number of rotatable bonds is 9. The van der Waals surface area contributed by atoms with Crippen LogP contribution in [0.4, 0.5) is 16.0 Å². The van der Waals surface area contributed by atoms with Crippen molar-refractivity contribution in [3.05, 3.63) is 48.3 Å². The number of aromatic nitrogens is 5. The van der Waals surface area contributed by atoms with E-state index in [9.17, 15) is 12.8 Å². The summed E-state index contributed by atoms with van der Waals surface area (Å²) in [5, 5.41) is 11.1. The normalized spacial score (nSPS) is 23.5. The summed E-state index contributed by atoms with van der Waals surface area (Å²) >= 11 is 0. The molecule has 3 heterocycles. The molecule has 0 atom stereocenters. The molecule has 0 bridgehead atoms. The summed E-state index contributed by atoms with van der Waals surface area (Å²) in [5.74, 6) is -0.303. The van der Waals surface area contributed by atoms with Gasteiger partial charge in [0.1, 0.15) is 23.1 Å². The van der Waals surface area contributed by atoms with Crippen molar-refractivity contribution in [2.75, 3.05) is 18.5 Å². The van der Waals surface area contributed by atoms with E-state index < -0.39 is 26.3 Å². The Balaban J connectivity index is 1.04. The summed E-state index contributed by atoms with van der Waals surface area (Å²) < 4.78 is 55.5. The quantitative estimate of drug-likeness (QED) is 0.429. The largest absolute Gasteiger partial charge is 0.460 e. The molecule has 37 heavy (non-hydrogen) atoms. The molecular weight excluding hydrogens is 501 g/mol. The van der Waals surface area contributed by atoms with E-state index in [1.165, 1.54) is 12.1 Å². The van der Waals surface area contributed by atoms with E-state index in [1.807, 2.05) is 4.57 Å². The van der Waals surface area contributed by atoms with Crippen LogP contribution in [0.1, 0.15) is 51.0 Å². The van der Waals surface area contributed by atoms with Crippen molar-refractivity contribution >= 4 is 21.7 Å². The summed E-state index contributed by atoms with van der Waals surface area (Å²) in [5.41, 5.74) is 0.691. The van der Waals surface area contributed by atoms with Gasteiger partial charge in [-0.1, -0.05) is 5.10 Å². The van der Waals surface area contributed by atoms with Crippen molar-refractivity contribution in [3.8, 4) is 6.01 Å². The van der Waals surface area contributed by atoms with E-state index in [-0.39, 0.29) is 36.7 Å². The molecule has 1 aliphatic heterocycles. The summed E-state index contributed by atoms with van der Waals surface area (Å²) in [7, 11) is -4.02. The molecule has 2 aromatic heterocycles. The molecule has 1 saturated heterocycles. The average Bonchev–Trinajstić information content (AvgIpc) is 3.36. The van der Waals surface area contributed by atoms with Crippen LogP contribution in [0.2, 0.25) is 0 Å². The highest BCUT2D eigenvalue weighted by Gasteiger charge is 2.43. The second-order valence-corrected chi connectivity index (χ2v) is 12.3. The van der Waals surface area contributed by atoms with Crippen LogP contribution in [0, 0.1) is 5.82 Å². The van der Waals surface area contributed by atoms with Crippen molar-refractivity contribution in [2.24, 2.45) is 0 Å². The predicted molar refractivity (Wildman–Crippen MR) is 131 cm³/mol. The SMILES string of the molecule is CC1(NS(=O)(=O)c2ccc(Nc3ncc(C4CC(Oc5nncn5C5(C)CC5)C4)cn3)cc2F)COC1. The molecule has 3 aliphatic rings. The van der Waals surface area contributed by atoms with Gasteiger partial charge in [-0.25, -0.2) is 27.5 Å². The van der Waals surface area contributed by atoms with Crippen LogP contribution in [0.15, 0.2) is 41.8 Å². The highest BCUT2D eigenvalue weighted by Crippen LogP contribution is 2.45. The number of hydrogen-bond donors (Lipinski definition) is 2. The van der Waals surface area contributed by atoms with Gasteiger partial charge in [-0.05, 0) is 69.2 Å². The lowest BCUT2D eigenvalue weighted by atomic mass is 9.78. The highest BCUT2D eigenvalue weighted by molar-refractivity contribution is 7.89. The number of nitrogens with zero attached hydrogens (tertiary/aromatic N) is 5. The number of ether oxygens (including phenoxy) is 2. The second kappa shape index (κ2) is 8.71. The number of sulfonamides is 1. The van der Waals surface area contributed by atoms with Crippen molar-refractivity contribution < 1.29 is 22.3 Å². The highest BCUT2D eigenvalue weighted by atomic mass is 32.2. The van der Waals surface area contributed by atoms with Crippen molar-refractivity contribution in [1.82, 2.24) is 29.5 Å². The fourth-order valence-corrected chi connectivity index (χ4v) is 6.00. The molecule has 2 saturated carbocycles. The molecule has 1 aromatic carbocycles. The fourth-order valence-electron chi connectivity index (χ4n) is 4.57. The molecular formula is C24H28FN7O4S. The molecule has 13 heteroatoms. The first-order valence-electron chi connectivity index (χ1n) is 12.2. The van der Waals surface area contributed by atoms with Crippen LogP contribution in [0.5, 0.6) is 6.01 Å². The van der Waals surface area contributed by atoms with E-state index in [4.69, 9.17) is 9.47 Å². The summed E-state index contributed by atoms with van der Waals surface area (Å²) in [4.78, 5) is 8.27. The Hall–Kier alpha value is -3.16. The molecule has 0 radical (unpaired) electrons. The molecule has 6 rings (SSSR count). The fraction of sp³-hybridized carbons (Fsp3) is 0.500. The van der Waals surface area contributed by atoms with Crippen molar-refractivity contribution in [2.45, 2.75) is 67.5 Å². The first-order chi connectivity index (χ1) is 17.6. The van der Waals surface area contributed by atoms with Gasteiger partial charge in [-0.15, -0.1) is 5.10 Å². The van der Waals surface area contributed by atoms with Crippen LogP contribution >= 0.6 is 0 Å². The lowest BCUT2D eigenvalue weighted by Gasteiger charge is -2.38. The van der Waals surface area contributed by atoms with E-state index in [2.05, 4.69) is 37.1 Å². The predicted octanol–water partition coefficient (Wildman–Crippen LogP) is 2.85. The van der Waals surface area contributed by atoms with Gasteiger partial charge in [0.05, 0.1) is 18.8 Å². The zero-order valence-corrected chi connectivity index (χ0v) is 21.3. The van der Waals surface area contributed by atoms with Gasteiger partial charge in [0, 0.05) is 23.6 Å². The Morgan fingerprint density at radius 2 is 1.89 bits per heavy atom. The minimum atomic E-state index is -4.02. The maximum absolute atomic E-state index is 14.7. The van der Waals surface area contributed by atoms with Gasteiger partial charge >= 0.3 is 6.01 Å². The molecule has 0 unspecified atom stereocenters. The van der Waals surface area contributed by atoms with Crippen LogP contribution in [0.3, 0.4) is 0 Å². The van der Waals surface area contributed by atoms with Crippen LogP contribution in [-0.4, -0.2) is 58.0 Å². The van der Waals surface area contributed by atoms with Crippen LogP contribution in [-0.2, 0) is 20.3 Å². The van der Waals surface area contributed by atoms with E-state index in [1.54, 1.807) is 25.6 Å². The zero-order valence-electron chi connectivity index (χ0n) is 20.5. The number of benzene rings is 1. The Labute approximate surface area is 213 Å². The third-order valence-corrected chi connectivity index (χ3v) is 8.95. The number of hydrogen-bond acceptors (Lipinski definition) is 9. The summed E-state index contributed by atoms with van der Waals surface area (Å²) in [6, 6.07) is 4.38. The van der Waals surface area contributed by atoms with Crippen LogP contribution < -0.4 is 14.8 Å². The minimum Gasteiger partial charge on any atom is -0.460 e. The minimum absolute atomic E-state index is 0.0692. The number of nitrogens with one attached hydrogen (secondary N) is 2. The third kappa shape index (κ3) is 4.78. The average molecular weight is 530 g/mol. The van der Waals surface area contributed by atoms with E-state index in [0.29, 0.717) is 11.7 Å². The molecule has 196 valence electrons. The van der Waals surface area contributed by atoms with Gasteiger partial charge in [0.2, 0.25) is 16.0 Å². The Morgan fingerprint density at radius 1 is 1.16 bits per heavy atom. The topological polar surface area (TPSA) is 133 Å². The second-order valence-electron chi connectivity index (χ2n) is 10.7. The van der Waals surface area contributed by atoms with E-state index in [0.717, 1.165) is 37.3 Å². The molecule has 3 aromatic rings. The molecule has 3 fully saturated rings. The molecule has 2 aliphatic carbocycles. The van der Waals surface area contributed by atoms with Gasteiger partial charge in [0.25, 0.3) is 0 Å². The Bertz CT molecular complexity index is 1420. The number of anilines is 2. The maximum Gasteiger partial charge on any atom is 0.317 e. The van der Waals surface area contributed by atoms with Gasteiger partial charge in [-0.3, -0.25) is 4.57 Å². The zero-order chi connectivity index (χ0) is 25.8. The van der Waals surface area contributed by atoms with Crippen molar-refractivity contribution in [3.63, 3.8) is 0 Å². The Kier molecular flexibility index (Phi) is 5.69. The van der Waals surface area contributed by atoms with Gasteiger partial charge < -0.3 is 14.8 Å². The number of halogens is 1. The lowest BCUT2D eigenvalue weighted by Crippen LogP contribution is -2.59. The maximum atomic E-state index is 14.7. The first-order valence-corrected chi connectivity index (χ1v) is 13.7. The van der Waals surface area contributed by atoms with Crippen LogP contribution in [0.25, 0.3) is 0 Å². The van der Waals surface area contributed by atoms with Gasteiger partial charge in [-0.2, -0.15) is 0 Å². The lowest BCUT2D eigenvalue weighted by molar-refractivity contribution is -0.0523. The first kappa shape index (κ1) is 24.2. The summed E-state index contributed by atoms with van der Waals surface area (Å²) in [6.45, 7) is 4.38. The summed E-state index contributed by atoms with van der Waals surface area (Å²) in [6.07, 6.45) is 9.16. The van der Waals surface area contributed by atoms with Gasteiger partial charge in [0.15, 0.2) is 0 Å². The molecule has 11 nitrogen and oxygen atoms in total. The monoisotopic (exact) mass is 529 g/mol. The van der Waals surface area contributed by atoms with E-state index >= 15 is 0 Å². The third-order valence-electron chi connectivity index (χ3n) is 7.28. The Morgan fingerprint density at radius 3 is 2.51 bits per heavy atom. The molecule has 0 spiro atoms. The van der Waals surface area contributed by atoms with Crippen molar-refractivity contribution in [1.29, 1.82) is 0 Å². The standard InChI is InChI=1S/C24H28FN7O4S/c1-23(12-35-13-23)31-37(33,34)20-4-3-17(9-19(20)25)29-21-26-10-16(11-27-21)15-7-18(8-15)36-22-30-28-14-32(22)24(2)5-6-24/h3-4,9-11,14-15,18,31H,5-8,12-13H2,1-2H3,(H,26,27,29). The smallest absolute Gasteiger partial charge is 0.317 e.